The summed E-state index contributed by atoms with van der Waals surface area (Å²) in [5.74, 6) is 4.27. The van der Waals surface area contributed by atoms with E-state index >= 15 is 0 Å². The first-order valence-electron chi connectivity index (χ1n) is 20.9. The van der Waals surface area contributed by atoms with Crippen LogP contribution in [-0.4, -0.2) is 31.2 Å². The highest BCUT2D eigenvalue weighted by Gasteiger charge is 2.63. The highest BCUT2D eigenvalue weighted by Crippen LogP contribution is 2.65. The fourth-order valence-electron chi connectivity index (χ4n) is 11.1. The van der Waals surface area contributed by atoms with Gasteiger partial charge in [0.1, 0.15) is 5.78 Å². The van der Waals surface area contributed by atoms with Crippen LogP contribution >= 0.6 is 0 Å². The topological polar surface area (TPSA) is 35.5 Å². The number of ketones is 1. The molecule has 5 aliphatic carbocycles. The zero-order valence-corrected chi connectivity index (χ0v) is 30.1. The minimum Gasteiger partial charge on any atom is -0.378 e. The van der Waals surface area contributed by atoms with E-state index in [-0.39, 0.29) is 10.8 Å². The summed E-state index contributed by atoms with van der Waals surface area (Å²) in [5.41, 5.74) is 0.179. The average molecular weight is 627 g/mol. The van der Waals surface area contributed by atoms with Crippen molar-refractivity contribution in [1.29, 1.82) is 0 Å². The quantitative estimate of drug-likeness (QED) is 0.142. The second-order valence-electron chi connectivity index (χ2n) is 17.1. The molecule has 45 heavy (non-hydrogen) atoms. The standard InChI is InChI=1S/C42H74O3/c1-3-5-7-9-11-13-31-44-38-19-15-34(16-20-38)36-23-27-41(28-24-36)33-42(40(41)43)29-25-37(26-30-42)35-17-21-39(22-18-35)45-32-14-12-10-8-6-4-2/h34-39H,3-33H2,1-2H3/t34-,35-,36?,37?,38-,39-,41?,42?. The predicted molar refractivity (Wildman–Crippen MR) is 189 cm³/mol. The zero-order valence-electron chi connectivity index (χ0n) is 30.1. The van der Waals surface area contributed by atoms with Gasteiger partial charge in [-0.25, -0.2) is 0 Å². The van der Waals surface area contributed by atoms with Crippen LogP contribution < -0.4 is 0 Å². The van der Waals surface area contributed by atoms with Gasteiger partial charge in [0, 0.05) is 24.0 Å². The average Bonchev–Trinajstić information content (AvgIpc) is 3.08. The van der Waals surface area contributed by atoms with E-state index in [1.807, 2.05) is 0 Å². The number of Topliss-reactive ketones (excluding diaryl/α,β-unsaturated/α-hetero) is 1. The van der Waals surface area contributed by atoms with Crippen molar-refractivity contribution in [3.63, 3.8) is 0 Å². The van der Waals surface area contributed by atoms with Crippen molar-refractivity contribution in [2.45, 2.75) is 212 Å². The molecule has 0 heterocycles. The number of carbonyl (C=O) groups excluding carboxylic acids is 1. The van der Waals surface area contributed by atoms with E-state index in [0.29, 0.717) is 12.2 Å². The second-order valence-corrected chi connectivity index (χ2v) is 17.1. The smallest absolute Gasteiger partial charge is 0.145 e. The van der Waals surface area contributed by atoms with Crippen LogP contribution in [-0.2, 0) is 14.3 Å². The fraction of sp³-hybridized carbons (Fsp3) is 0.976. The first-order valence-corrected chi connectivity index (χ1v) is 20.9. The zero-order chi connectivity index (χ0) is 31.4. The Bertz CT molecular complexity index is 753. The van der Waals surface area contributed by atoms with Crippen LogP contribution in [0.1, 0.15) is 200 Å². The molecule has 0 N–H and O–H groups in total. The Hall–Kier alpha value is -0.410. The normalized spacial score (nSPS) is 37.2. The summed E-state index contributed by atoms with van der Waals surface area (Å²) in [6.07, 6.45) is 39.2. The monoisotopic (exact) mass is 627 g/mol. The lowest BCUT2D eigenvalue weighted by atomic mass is 9.42. The molecule has 5 aliphatic rings. The van der Waals surface area contributed by atoms with E-state index in [0.717, 1.165) is 42.7 Å². The molecule has 0 aromatic rings. The van der Waals surface area contributed by atoms with Crippen molar-refractivity contribution in [1.82, 2.24) is 0 Å². The molecule has 0 saturated heterocycles. The molecule has 0 aromatic carbocycles. The van der Waals surface area contributed by atoms with Crippen molar-refractivity contribution >= 4 is 5.78 Å². The fourth-order valence-corrected chi connectivity index (χ4v) is 11.1. The molecule has 260 valence electrons. The lowest BCUT2D eigenvalue weighted by molar-refractivity contribution is -0.170. The van der Waals surface area contributed by atoms with E-state index in [4.69, 9.17) is 9.47 Å². The molecule has 5 rings (SSSR count). The summed E-state index contributed by atoms with van der Waals surface area (Å²) in [5, 5.41) is 0. The van der Waals surface area contributed by atoms with Crippen LogP contribution in [0.15, 0.2) is 0 Å². The van der Waals surface area contributed by atoms with Gasteiger partial charge < -0.3 is 9.47 Å². The molecule has 3 nitrogen and oxygen atoms in total. The van der Waals surface area contributed by atoms with Crippen LogP contribution in [0.3, 0.4) is 0 Å². The van der Waals surface area contributed by atoms with Gasteiger partial charge in [-0.2, -0.15) is 0 Å². The molecule has 0 aliphatic heterocycles. The summed E-state index contributed by atoms with van der Waals surface area (Å²) in [7, 11) is 0. The summed E-state index contributed by atoms with van der Waals surface area (Å²) < 4.78 is 12.6. The molecule has 0 bridgehead atoms. The lowest BCUT2D eigenvalue weighted by Crippen LogP contribution is -2.60. The van der Waals surface area contributed by atoms with Gasteiger partial charge in [0.25, 0.3) is 0 Å². The van der Waals surface area contributed by atoms with Crippen LogP contribution in [0.5, 0.6) is 0 Å². The summed E-state index contributed by atoms with van der Waals surface area (Å²) in [4.78, 5) is 13.9. The Morgan fingerprint density at radius 1 is 0.467 bits per heavy atom. The van der Waals surface area contributed by atoms with Crippen molar-refractivity contribution in [3.8, 4) is 0 Å². The molecule has 0 unspecified atom stereocenters. The minimum absolute atomic E-state index is 0.0895. The van der Waals surface area contributed by atoms with E-state index < -0.39 is 0 Å². The third kappa shape index (κ3) is 9.83. The predicted octanol–water partition coefficient (Wildman–Crippen LogP) is 12.2. The highest BCUT2D eigenvalue weighted by atomic mass is 16.5. The van der Waals surface area contributed by atoms with E-state index in [1.54, 1.807) is 0 Å². The number of carbonyl (C=O) groups is 1. The Labute approximate surface area is 279 Å². The van der Waals surface area contributed by atoms with Gasteiger partial charge in [-0.3, -0.25) is 4.79 Å². The third-order valence-electron chi connectivity index (χ3n) is 14.1. The molecule has 0 amide bonds. The molecule has 0 aromatic heterocycles. The van der Waals surface area contributed by atoms with Crippen molar-refractivity contribution in [2.75, 3.05) is 13.2 Å². The molecule has 5 fully saturated rings. The van der Waals surface area contributed by atoms with E-state index in [9.17, 15) is 4.79 Å². The van der Waals surface area contributed by atoms with Crippen molar-refractivity contribution < 1.29 is 14.3 Å². The van der Waals surface area contributed by atoms with Crippen LogP contribution in [0.2, 0.25) is 0 Å². The second kappa shape index (κ2) is 18.4. The van der Waals surface area contributed by atoms with Crippen molar-refractivity contribution in [2.24, 2.45) is 34.5 Å². The summed E-state index contributed by atoms with van der Waals surface area (Å²) in [6, 6.07) is 0. The Kier molecular flexibility index (Phi) is 14.7. The van der Waals surface area contributed by atoms with Gasteiger partial charge >= 0.3 is 0 Å². The van der Waals surface area contributed by atoms with E-state index in [1.165, 1.54) is 186 Å². The molecular formula is C42H74O3. The van der Waals surface area contributed by atoms with Crippen LogP contribution in [0, 0.1) is 34.5 Å². The third-order valence-corrected chi connectivity index (χ3v) is 14.1. The highest BCUT2D eigenvalue weighted by molar-refractivity contribution is 5.96. The first kappa shape index (κ1) is 35.9. The molecular weight excluding hydrogens is 552 g/mol. The Morgan fingerprint density at radius 2 is 0.800 bits per heavy atom. The Balaban J connectivity index is 0.921. The van der Waals surface area contributed by atoms with Crippen LogP contribution in [0.4, 0.5) is 0 Å². The number of hydrogen-bond donors (Lipinski definition) is 0. The lowest BCUT2D eigenvalue weighted by Gasteiger charge is -2.60. The van der Waals surface area contributed by atoms with Gasteiger partial charge in [-0.15, -0.1) is 0 Å². The van der Waals surface area contributed by atoms with Gasteiger partial charge in [0.15, 0.2) is 0 Å². The van der Waals surface area contributed by atoms with Gasteiger partial charge in [0.05, 0.1) is 12.2 Å². The first-order chi connectivity index (χ1) is 22.1. The molecule has 2 spiro atoms. The maximum atomic E-state index is 13.9. The molecule has 0 atom stereocenters. The maximum absolute atomic E-state index is 13.9. The van der Waals surface area contributed by atoms with Crippen molar-refractivity contribution in [3.05, 3.63) is 0 Å². The summed E-state index contributed by atoms with van der Waals surface area (Å²) >= 11 is 0. The summed E-state index contributed by atoms with van der Waals surface area (Å²) in [6.45, 7) is 6.54. The van der Waals surface area contributed by atoms with Gasteiger partial charge in [0.2, 0.25) is 0 Å². The number of ether oxygens (including phenoxy) is 2. The van der Waals surface area contributed by atoms with E-state index in [2.05, 4.69) is 13.8 Å². The molecule has 0 radical (unpaired) electrons. The largest absolute Gasteiger partial charge is 0.378 e. The minimum atomic E-state index is 0.0895. The maximum Gasteiger partial charge on any atom is 0.145 e. The number of rotatable bonds is 18. The number of hydrogen-bond acceptors (Lipinski definition) is 3. The number of unbranched alkanes of at least 4 members (excludes halogenated alkanes) is 10. The molecule has 5 saturated carbocycles. The van der Waals surface area contributed by atoms with Gasteiger partial charge in [-0.05, 0) is 146 Å². The van der Waals surface area contributed by atoms with Crippen LogP contribution in [0.25, 0.3) is 0 Å². The molecule has 3 heteroatoms. The Morgan fingerprint density at radius 3 is 1.16 bits per heavy atom. The van der Waals surface area contributed by atoms with Gasteiger partial charge in [-0.1, -0.05) is 78.1 Å². The SMILES string of the molecule is CCCCCCCCO[C@H]1CC[C@H](C2CCC3(CC2)CC2(CCC([C@H]4CC[C@H](OCCCCCCCC)CC4)CC2)C3=O)CC1.